The van der Waals surface area contributed by atoms with Gasteiger partial charge in [0.2, 0.25) is 0 Å². The van der Waals surface area contributed by atoms with Crippen LogP contribution in [0.4, 0.5) is 0 Å². The number of nitrogens with zero attached hydrogens (tertiary/aromatic N) is 2. The van der Waals surface area contributed by atoms with Gasteiger partial charge in [-0.15, -0.1) is 0 Å². The molecule has 2 bridgehead atoms. The molecule has 2 saturated heterocycles. The lowest BCUT2D eigenvalue weighted by Crippen LogP contribution is -2.48. The molecular formula is C22H27N3O. The number of fused-ring (bicyclic) bond motifs is 3. The Hall–Kier alpha value is -1.94. The summed E-state index contributed by atoms with van der Waals surface area (Å²) < 4.78 is 0. The first-order valence-corrected chi connectivity index (χ1v) is 10.0. The first-order chi connectivity index (χ1) is 12.6. The molecule has 0 spiro atoms. The molecule has 136 valence electrons. The van der Waals surface area contributed by atoms with E-state index in [-0.39, 0.29) is 5.91 Å². The predicted molar refractivity (Wildman–Crippen MR) is 104 cm³/mol. The number of rotatable bonds is 3. The molecule has 1 saturated carbocycles. The third kappa shape index (κ3) is 2.81. The molecule has 1 N–H and O–H groups in total. The van der Waals surface area contributed by atoms with Gasteiger partial charge in [0, 0.05) is 42.2 Å². The van der Waals surface area contributed by atoms with Gasteiger partial charge in [-0.2, -0.15) is 0 Å². The Morgan fingerprint density at radius 2 is 1.85 bits per heavy atom. The molecule has 1 amide bonds. The number of nitrogens with one attached hydrogen (secondary N) is 1. The van der Waals surface area contributed by atoms with Crippen molar-refractivity contribution in [3.8, 4) is 0 Å². The van der Waals surface area contributed by atoms with Gasteiger partial charge in [-0.25, -0.2) is 0 Å². The van der Waals surface area contributed by atoms with Crippen molar-refractivity contribution in [3.63, 3.8) is 0 Å². The monoisotopic (exact) mass is 349 g/mol. The Labute approximate surface area is 155 Å². The summed E-state index contributed by atoms with van der Waals surface area (Å²) in [4.78, 5) is 20.3. The van der Waals surface area contributed by atoms with Crippen molar-refractivity contribution in [2.75, 3.05) is 7.05 Å². The van der Waals surface area contributed by atoms with Gasteiger partial charge in [-0.05, 0) is 63.6 Å². The second-order valence-corrected chi connectivity index (χ2v) is 8.57. The van der Waals surface area contributed by atoms with E-state index in [4.69, 9.17) is 4.98 Å². The zero-order valence-corrected chi connectivity index (χ0v) is 15.7. The zero-order valence-electron chi connectivity index (χ0n) is 15.7. The summed E-state index contributed by atoms with van der Waals surface area (Å²) in [5.41, 5.74) is 4.08. The molecule has 5 rings (SSSR count). The second kappa shape index (κ2) is 6.05. The minimum Gasteiger partial charge on any atom is -0.339 e. The Morgan fingerprint density at radius 1 is 1.12 bits per heavy atom. The molecule has 1 aliphatic carbocycles. The molecule has 3 fully saturated rings. The summed E-state index contributed by atoms with van der Waals surface area (Å²) in [5, 5.41) is 4.68. The van der Waals surface area contributed by atoms with Crippen LogP contribution in [0.2, 0.25) is 0 Å². The van der Waals surface area contributed by atoms with Crippen LogP contribution in [0.15, 0.2) is 24.3 Å². The maximum atomic E-state index is 13.5. The number of aryl methyl sites for hydroxylation is 1. The average Bonchev–Trinajstić information content (AvgIpc) is 3.44. The SMILES string of the molecule is Cc1ccc2nc(C3CC3)cc(C(=O)N(C)C3CC4CCC(C3)N4)c2c1. The lowest BCUT2D eigenvalue weighted by atomic mass is 9.97. The van der Waals surface area contributed by atoms with Crippen LogP contribution in [0.3, 0.4) is 0 Å². The van der Waals surface area contributed by atoms with Crippen LogP contribution in [0.25, 0.3) is 10.9 Å². The quantitative estimate of drug-likeness (QED) is 0.917. The Balaban J connectivity index is 1.52. The van der Waals surface area contributed by atoms with Crippen molar-refractivity contribution < 1.29 is 4.79 Å². The van der Waals surface area contributed by atoms with E-state index < -0.39 is 0 Å². The van der Waals surface area contributed by atoms with E-state index in [1.165, 1.54) is 31.2 Å². The standard InChI is InChI=1S/C22H27N3O/c1-13-3-8-20-18(9-13)19(12-21(24-20)14-4-5-14)22(26)25(2)17-10-15-6-7-16(11-17)23-15/h3,8-9,12,14-17,23H,4-7,10-11H2,1-2H3. The molecule has 3 heterocycles. The summed E-state index contributed by atoms with van der Waals surface area (Å²) in [6.07, 6.45) is 7.07. The van der Waals surface area contributed by atoms with Gasteiger partial charge >= 0.3 is 0 Å². The van der Waals surface area contributed by atoms with Gasteiger partial charge in [0.1, 0.15) is 0 Å². The maximum absolute atomic E-state index is 13.5. The number of carbonyl (C=O) groups is 1. The topological polar surface area (TPSA) is 45.2 Å². The molecule has 26 heavy (non-hydrogen) atoms. The van der Waals surface area contributed by atoms with Gasteiger partial charge < -0.3 is 10.2 Å². The van der Waals surface area contributed by atoms with E-state index in [0.717, 1.165) is 35.0 Å². The van der Waals surface area contributed by atoms with Crippen molar-refractivity contribution in [2.45, 2.75) is 69.5 Å². The Bertz CT molecular complexity index is 861. The summed E-state index contributed by atoms with van der Waals surface area (Å²) in [5.74, 6) is 0.712. The van der Waals surface area contributed by atoms with Crippen LogP contribution in [-0.2, 0) is 0 Å². The van der Waals surface area contributed by atoms with Gasteiger partial charge in [-0.1, -0.05) is 11.6 Å². The van der Waals surface area contributed by atoms with Crippen molar-refractivity contribution in [1.29, 1.82) is 0 Å². The molecule has 4 nitrogen and oxygen atoms in total. The summed E-state index contributed by atoms with van der Waals surface area (Å²) in [6, 6.07) is 9.88. The van der Waals surface area contributed by atoms with Gasteiger partial charge in [-0.3, -0.25) is 9.78 Å². The maximum Gasteiger partial charge on any atom is 0.254 e. The smallest absolute Gasteiger partial charge is 0.254 e. The molecule has 2 atom stereocenters. The molecule has 1 aromatic carbocycles. The number of benzene rings is 1. The number of pyridine rings is 1. The first kappa shape index (κ1) is 16.2. The summed E-state index contributed by atoms with van der Waals surface area (Å²) >= 11 is 0. The van der Waals surface area contributed by atoms with E-state index in [1.807, 2.05) is 11.9 Å². The minimum absolute atomic E-state index is 0.163. The van der Waals surface area contributed by atoms with Crippen LogP contribution >= 0.6 is 0 Å². The molecule has 2 unspecified atom stereocenters. The van der Waals surface area contributed by atoms with E-state index in [1.54, 1.807) is 0 Å². The Morgan fingerprint density at radius 3 is 2.54 bits per heavy atom. The summed E-state index contributed by atoms with van der Waals surface area (Å²) in [7, 11) is 2.00. The number of aromatic nitrogens is 1. The van der Waals surface area contributed by atoms with Crippen LogP contribution < -0.4 is 5.32 Å². The van der Waals surface area contributed by atoms with E-state index in [0.29, 0.717) is 24.0 Å². The Kier molecular flexibility index (Phi) is 3.78. The minimum atomic E-state index is 0.163. The van der Waals surface area contributed by atoms with Crippen LogP contribution in [0.5, 0.6) is 0 Å². The van der Waals surface area contributed by atoms with Gasteiger partial charge in [0.15, 0.2) is 0 Å². The lowest BCUT2D eigenvalue weighted by Gasteiger charge is -2.35. The van der Waals surface area contributed by atoms with E-state index in [2.05, 4.69) is 36.5 Å². The highest BCUT2D eigenvalue weighted by atomic mass is 16.2. The average molecular weight is 349 g/mol. The number of carbonyl (C=O) groups excluding carboxylic acids is 1. The third-order valence-corrected chi connectivity index (χ3v) is 6.53. The van der Waals surface area contributed by atoms with E-state index >= 15 is 0 Å². The highest BCUT2D eigenvalue weighted by Gasteiger charge is 2.37. The normalized spacial score (nSPS) is 27.7. The largest absolute Gasteiger partial charge is 0.339 e. The predicted octanol–water partition coefficient (Wildman–Crippen LogP) is 3.78. The molecule has 4 heteroatoms. The van der Waals surface area contributed by atoms with Crippen molar-refractivity contribution in [3.05, 3.63) is 41.1 Å². The van der Waals surface area contributed by atoms with E-state index in [9.17, 15) is 4.79 Å². The van der Waals surface area contributed by atoms with Crippen molar-refractivity contribution in [1.82, 2.24) is 15.2 Å². The molecule has 3 aliphatic rings. The fourth-order valence-electron chi connectivity index (χ4n) is 4.82. The van der Waals surface area contributed by atoms with Gasteiger partial charge in [0.05, 0.1) is 11.1 Å². The fourth-order valence-corrected chi connectivity index (χ4v) is 4.82. The highest BCUT2D eigenvalue weighted by molar-refractivity contribution is 6.06. The second-order valence-electron chi connectivity index (χ2n) is 8.57. The molecule has 2 aliphatic heterocycles. The lowest BCUT2D eigenvalue weighted by molar-refractivity contribution is 0.0683. The molecule has 2 aromatic rings. The molecule has 0 radical (unpaired) electrons. The molecular weight excluding hydrogens is 322 g/mol. The number of hydrogen-bond acceptors (Lipinski definition) is 3. The van der Waals surface area contributed by atoms with Crippen LogP contribution in [-0.4, -0.2) is 41.0 Å². The third-order valence-electron chi connectivity index (χ3n) is 6.53. The number of hydrogen-bond donors (Lipinski definition) is 1. The van der Waals surface area contributed by atoms with Crippen molar-refractivity contribution >= 4 is 16.8 Å². The van der Waals surface area contributed by atoms with Crippen LogP contribution in [0.1, 0.15) is 66.1 Å². The highest BCUT2D eigenvalue weighted by Crippen LogP contribution is 2.40. The fraction of sp³-hybridized carbons (Fsp3) is 0.545. The number of piperidine rings is 1. The van der Waals surface area contributed by atoms with Crippen LogP contribution in [0, 0.1) is 6.92 Å². The molecule has 1 aromatic heterocycles. The summed E-state index contributed by atoms with van der Waals surface area (Å²) in [6.45, 7) is 2.08. The van der Waals surface area contributed by atoms with Crippen molar-refractivity contribution in [2.24, 2.45) is 0 Å². The zero-order chi connectivity index (χ0) is 17.8. The number of amides is 1. The van der Waals surface area contributed by atoms with Gasteiger partial charge in [0.25, 0.3) is 5.91 Å². The first-order valence-electron chi connectivity index (χ1n) is 10.0.